The third kappa shape index (κ3) is 5.56. The molecule has 4 rings (SSSR count). The van der Waals surface area contributed by atoms with Crippen LogP contribution in [-0.4, -0.2) is 40.2 Å². The number of imide groups is 1. The first-order valence-electron chi connectivity index (χ1n) is 11.1. The van der Waals surface area contributed by atoms with Crippen molar-refractivity contribution in [2.24, 2.45) is 11.8 Å². The molecule has 2 aliphatic rings. The maximum atomic E-state index is 13.1. The van der Waals surface area contributed by atoms with Gasteiger partial charge in [-0.1, -0.05) is 55.6 Å². The molecule has 1 unspecified atom stereocenters. The van der Waals surface area contributed by atoms with E-state index in [9.17, 15) is 14.4 Å². The van der Waals surface area contributed by atoms with Crippen LogP contribution in [0.3, 0.4) is 0 Å². The van der Waals surface area contributed by atoms with Crippen LogP contribution in [0.5, 0.6) is 0 Å². The molecule has 1 aromatic heterocycles. The van der Waals surface area contributed by atoms with Crippen LogP contribution in [0.2, 0.25) is 0 Å². The van der Waals surface area contributed by atoms with Crippen LogP contribution in [0.4, 0.5) is 0 Å². The highest BCUT2D eigenvalue weighted by Crippen LogP contribution is 2.39. The summed E-state index contributed by atoms with van der Waals surface area (Å²) in [5.74, 6) is -1.35. The monoisotopic (exact) mass is 456 g/mol. The minimum Gasteiger partial charge on any atom is -0.415 e. The zero-order valence-corrected chi connectivity index (χ0v) is 18.9. The number of carbonyl (C=O) groups is 3. The highest BCUT2D eigenvalue weighted by atomic mass is 32.2. The molecule has 0 aliphatic heterocycles. The summed E-state index contributed by atoms with van der Waals surface area (Å²) in [5.41, 5.74) is 0.554. The Bertz CT molecular complexity index is 960. The first-order chi connectivity index (χ1) is 15.5. The Hall–Kier alpha value is -2.68. The summed E-state index contributed by atoms with van der Waals surface area (Å²) in [5, 5.41) is 14.0. The zero-order valence-electron chi connectivity index (χ0n) is 18.1. The molecule has 2 aromatic rings. The van der Waals surface area contributed by atoms with E-state index >= 15 is 0 Å². The quantitative estimate of drug-likeness (QED) is 0.586. The first kappa shape index (κ1) is 22.5. The number of hydrogen-bond acceptors (Lipinski definition) is 7. The molecule has 0 spiro atoms. The highest BCUT2D eigenvalue weighted by molar-refractivity contribution is 7.98. The summed E-state index contributed by atoms with van der Waals surface area (Å²) < 4.78 is 5.61. The second-order valence-electron chi connectivity index (χ2n) is 8.53. The van der Waals surface area contributed by atoms with Crippen molar-refractivity contribution >= 4 is 29.5 Å². The summed E-state index contributed by atoms with van der Waals surface area (Å²) in [4.78, 5) is 38.8. The van der Waals surface area contributed by atoms with E-state index in [2.05, 4.69) is 20.8 Å². The fraction of sp³-hybridized carbons (Fsp3) is 0.522. The lowest BCUT2D eigenvalue weighted by Gasteiger charge is -2.31. The van der Waals surface area contributed by atoms with E-state index in [0.717, 1.165) is 25.7 Å². The SMILES string of the molecule is CSc1nnc(C(CC2CC2)C(=O)NC(=O)[C@@H]2CCCC[C@@H]2NC(=O)c2ccccc2)o1. The summed E-state index contributed by atoms with van der Waals surface area (Å²) >= 11 is 1.31. The Morgan fingerprint density at radius 1 is 1.09 bits per heavy atom. The van der Waals surface area contributed by atoms with Crippen LogP contribution in [-0.2, 0) is 9.59 Å². The molecule has 0 saturated heterocycles. The first-order valence-corrected chi connectivity index (χ1v) is 12.4. The van der Waals surface area contributed by atoms with E-state index in [4.69, 9.17) is 4.42 Å². The predicted molar refractivity (Wildman–Crippen MR) is 119 cm³/mol. The van der Waals surface area contributed by atoms with Gasteiger partial charge in [0.1, 0.15) is 5.92 Å². The van der Waals surface area contributed by atoms with Gasteiger partial charge in [0.2, 0.25) is 17.7 Å². The second-order valence-corrected chi connectivity index (χ2v) is 9.29. The molecule has 2 aliphatic carbocycles. The van der Waals surface area contributed by atoms with Gasteiger partial charge in [0.05, 0.1) is 5.92 Å². The molecule has 0 radical (unpaired) electrons. The number of nitrogens with one attached hydrogen (secondary N) is 2. The minimum absolute atomic E-state index is 0.205. The Morgan fingerprint density at radius 3 is 2.53 bits per heavy atom. The van der Waals surface area contributed by atoms with Crippen LogP contribution < -0.4 is 10.6 Å². The van der Waals surface area contributed by atoms with Gasteiger partial charge in [0.15, 0.2) is 0 Å². The molecule has 3 amide bonds. The predicted octanol–water partition coefficient (Wildman–Crippen LogP) is 3.31. The van der Waals surface area contributed by atoms with Gasteiger partial charge in [-0.3, -0.25) is 19.7 Å². The number of nitrogens with zero attached hydrogens (tertiary/aromatic N) is 2. The van der Waals surface area contributed by atoms with Gasteiger partial charge in [0, 0.05) is 11.6 Å². The number of hydrogen-bond donors (Lipinski definition) is 2. The number of carbonyl (C=O) groups excluding carboxylic acids is 3. The van der Waals surface area contributed by atoms with Crippen molar-refractivity contribution in [2.75, 3.05) is 6.26 Å². The molecule has 1 aromatic carbocycles. The van der Waals surface area contributed by atoms with Gasteiger partial charge < -0.3 is 9.73 Å². The van der Waals surface area contributed by atoms with E-state index < -0.39 is 17.7 Å². The van der Waals surface area contributed by atoms with E-state index in [-0.39, 0.29) is 23.7 Å². The van der Waals surface area contributed by atoms with E-state index in [1.54, 1.807) is 24.3 Å². The Labute approximate surface area is 191 Å². The fourth-order valence-electron chi connectivity index (χ4n) is 4.21. The van der Waals surface area contributed by atoms with Crippen molar-refractivity contribution in [3.8, 4) is 0 Å². The average molecular weight is 457 g/mol. The largest absolute Gasteiger partial charge is 0.415 e. The molecule has 32 heavy (non-hydrogen) atoms. The molecule has 0 bridgehead atoms. The van der Waals surface area contributed by atoms with Crippen LogP contribution >= 0.6 is 11.8 Å². The van der Waals surface area contributed by atoms with Crippen molar-refractivity contribution in [1.29, 1.82) is 0 Å². The maximum Gasteiger partial charge on any atom is 0.276 e. The molecule has 9 heteroatoms. The summed E-state index contributed by atoms with van der Waals surface area (Å²) in [7, 11) is 0. The number of rotatable bonds is 8. The number of benzene rings is 1. The molecule has 3 atom stereocenters. The number of thioether (sulfide) groups is 1. The Kier molecular flexibility index (Phi) is 7.24. The molecule has 2 N–H and O–H groups in total. The number of amides is 3. The molecule has 2 fully saturated rings. The normalized spacial score (nSPS) is 21.5. The standard InChI is InChI=1S/C23H28N4O4S/c1-32-23-27-26-22(31-23)17(13-14-11-12-14)21(30)25-20(29)16-9-5-6-10-18(16)24-19(28)15-7-3-2-4-8-15/h2-4,7-8,14,16-18H,5-6,9-13H2,1H3,(H,24,28)(H,25,29,30)/t16-,17?,18+/m1/s1. The van der Waals surface area contributed by atoms with Crippen LogP contribution in [0.25, 0.3) is 0 Å². The molecule has 2 saturated carbocycles. The summed E-state index contributed by atoms with van der Waals surface area (Å²) in [6, 6.07) is 8.64. The topological polar surface area (TPSA) is 114 Å². The van der Waals surface area contributed by atoms with Gasteiger partial charge in [-0.25, -0.2) is 0 Å². The Morgan fingerprint density at radius 2 is 1.84 bits per heavy atom. The summed E-state index contributed by atoms with van der Waals surface area (Å²) in [6.45, 7) is 0. The van der Waals surface area contributed by atoms with Gasteiger partial charge in [-0.05, 0) is 43.6 Å². The Balaban J connectivity index is 1.42. The molecule has 170 valence electrons. The lowest BCUT2D eigenvalue weighted by atomic mass is 9.83. The summed E-state index contributed by atoms with van der Waals surface area (Å²) in [6.07, 6.45) is 7.70. The lowest BCUT2D eigenvalue weighted by molar-refractivity contribution is -0.135. The molecular formula is C23H28N4O4S. The molecule has 8 nitrogen and oxygen atoms in total. The van der Waals surface area contributed by atoms with Gasteiger partial charge in [0.25, 0.3) is 11.1 Å². The smallest absolute Gasteiger partial charge is 0.276 e. The van der Waals surface area contributed by atoms with Crippen molar-refractivity contribution in [2.45, 2.75) is 62.1 Å². The fourth-order valence-corrected chi connectivity index (χ4v) is 4.50. The maximum absolute atomic E-state index is 13.1. The average Bonchev–Trinajstić information content (AvgIpc) is 3.52. The highest BCUT2D eigenvalue weighted by Gasteiger charge is 2.37. The van der Waals surface area contributed by atoms with Crippen LogP contribution in [0.1, 0.15) is 67.1 Å². The third-order valence-corrected chi connectivity index (χ3v) is 6.69. The van der Waals surface area contributed by atoms with Crippen molar-refractivity contribution in [3.63, 3.8) is 0 Å². The van der Waals surface area contributed by atoms with Crippen molar-refractivity contribution < 1.29 is 18.8 Å². The lowest BCUT2D eigenvalue weighted by Crippen LogP contribution is -2.50. The van der Waals surface area contributed by atoms with Crippen LogP contribution in [0.15, 0.2) is 40.0 Å². The van der Waals surface area contributed by atoms with Crippen molar-refractivity contribution in [1.82, 2.24) is 20.8 Å². The second kappa shape index (κ2) is 10.3. The number of aromatic nitrogens is 2. The molecular weight excluding hydrogens is 428 g/mol. The van der Waals surface area contributed by atoms with Crippen LogP contribution in [0, 0.1) is 11.8 Å². The third-order valence-electron chi connectivity index (χ3n) is 6.18. The van der Waals surface area contributed by atoms with Gasteiger partial charge in [-0.2, -0.15) is 0 Å². The van der Waals surface area contributed by atoms with Gasteiger partial charge in [-0.15, -0.1) is 10.2 Å². The van der Waals surface area contributed by atoms with Gasteiger partial charge >= 0.3 is 0 Å². The van der Waals surface area contributed by atoms with E-state index in [1.807, 2.05) is 12.3 Å². The van der Waals surface area contributed by atoms with E-state index in [1.165, 1.54) is 11.8 Å². The molecule has 1 heterocycles. The zero-order chi connectivity index (χ0) is 22.5. The van der Waals surface area contributed by atoms with E-state index in [0.29, 0.717) is 36.0 Å². The van der Waals surface area contributed by atoms with Crippen molar-refractivity contribution in [3.05, 3.63) is 41.8 Å². The minimum atomic E-state index is -0.638.